The number of nitrogens with zero attached hydrogens (tertiary/aromatic N) is 1. The highest BCUT2D eigenvalue weighted by Gasteiger charge is 2.19. The summed E-state index contributed by atoms with van der Waals surface area (Å²) in [6.07, 6.45) is 0. The molecule has 5 heteroatoms. The van der Waals surface area contributed by atoms with E-state index in [-0.39, 0.29) is 11.9 Å². The second-order valence-electron chi connectivity index (χ2n) is 4.79. The van der Waals surface area contributed by atoms with Gasteiger partial charge in [0.1, 0.15) is 11.9 Å². The highest BCUT2D eigenvalue weighted by Crippen LogP contribution is 2.15. The number of anilines is 1. The molecule has 1 aromatic rings. The molecule has 0 bridgehead atoms. The van der Waals surface area contributed by atoms with Gasteiger partial charge in [0, 0.05) is 24.8 Å². The zero-order valence-corrected chi connectivity index (χ0v) is 11.7. The van der Waals surface area contributed by atoms with Gasteiger partial charge < -0.3 is 16.0 Å². The van der Waals surface area contributed by atoms with Crippen molar-refractivity contribution >= 4 is 11.6 Å². The largest absolute Gasteiger partial charge is 0.370 e. The van der Waals surface area contributed by atoms with E-state index in [4.69, 9.17) is 5.73 Å². The van der Waals surface area contributed by atoms with Crippen LogP contribution >= 0.6 is 0 Å². The van der Waals surface area contributed by atoms with Crippen LogP contribution in [0.4, 0.5) is 10.1 Å². The predicted octanol–water partition coefficient (Wildman–Crippen LogP) is 1.50. The van der Waals surface area contributed by atoms with Gasteiger partial charge in [-0.2, -0.15) is 0 Å². The average Bonchev–Trinajstić information content (AvgIpc) is 2.33. The van der Waals surface area contributed by atoms with Gasteiger partial charge in [0.05, 0.1) is 0 Å². The van der Waals surface area contributed by atoms with Crippen LogP contribution in [0.25, 0.3) is 0 Å². The summed E-state index contributed by atoms with van der Waals surface area (Å²) in [7, 11) is 0. The lowest BCUT2D eigenvalue weighted by atomic mass is 10.2. The molecular formula is C14H22FN3O. The Morgan fingerprint density at radius 1 is 1.47 bits per heavy atom. The van der Waals surface area contributed by atoms with Crippen LogP contribution in [0.2, 0.25) is 0 Å². The highest BCUT2D eigenvalue weighted by atomic mass is 19.1. The minimum atomic E-state index is -0.455. The third kappa shape index (κ3) is 4.87. The number of carbonyl (C=O) groups excluding carboxylic acids is 1. The van der Waals surface area contributed by atoms with E-state index in [0.717, 1.165) is 5.69 Å². The maximum Gasteiger partial charge on any atom is 0.236 e. The number of hydrogen-bond donors (Lipinski definition) is 2. The van der Waals surface area contributed by atoms with Crippen molar-refractivity contribution < 1.29 is 9.18 Å². The normalized spacial score (nSPS) is 12.5. The third-order valence-electron chi connectivity index (χ3n) is 2.84. The van der Waals surface area contributed by atoms with Crippen LogP contribution in [0.5, 0.6) is 0 Å². The summed E-state index contributed by atoms with van der Waals surface area (Å²) >= 11 is 0. The zero-order chi connectivity index (χ0) is 14.4. The van der Waals surface area contributed by atoms with Gasteiger partial charge in [-0.15, -0.1) is 0 Å². The van der Waals surface area contributed by atoms with Crippen molar-refractivity contribution in [1.82, 2.24) is 5.32 Å². The van der Waals surface area contributed by atoms with Crippen molar-refractivity contribution in [2.45, 2.75) is 32.9 Å². The van der Waals surface area contributed by atoms with Crippen LogP contribution in [0.3, 0.4) is 0 Å². The van der Waals surface area contributed by atoms with E-state index in [1.807, 2.05) is 31.7 Å². The molecule has 0 spiro atoms. The molecule has 4 nitrogen and oxygen atoms in total. The molecule has 19 heavy (non-hydrogen) atoms. The van der Waals surface area contributed by atoms with Crippen molar-refractivity contribution in [2.24, 2.45) is 5.73 Å². The van der Waals surface area contributed by atoms with Crippen LogP contribution in [0.1, 0.15) is 20.8 Å². The quantitative estimate of drug-likeness (QED) is 0.787. The average molecular weight is 267 g/mol. The van der Waals surface area contributed by atoms with Gasteiger partial charge in [-0.1, -0.05) is 19.9 Å². The van der Waals surface area contributed by atoms with Gasteiger partial charge in [0.15, 0.2) is 0 Å². The first-order chi connectivity index (χ1) is 8.93. The number of halogens is 1. The maximum absolute atomic E-state index is 13.2. The Labute approximate surface area is 113 Å². The number of benzene rings is 1. The molecule has 0 fully saturated rings. The number of carbonyl (C=O) groups is 1. The van der Waals surface area contributed by atoms with E-state index in [1.165, 1.54) is 12.1 Å². The number of primary amides is 1. The van der Waals surface area contributed by atoms with Gasteiger partial charge in [-0.25, -0.2) is 4.39 Å². The van der Waals surface area contributed by atoms with E-state index in [2.05, 4.69) is 5.32 Å². The smallest absolute Gasteiger partial charge is 0.236 e. The molecule has 0 aliphatic rings. The second kappa shape index (κ2) is 7.09. The Hall–Kier alpha value is -1.62. The number of rotatable bonds is 7. The summed E-state index contributed by atoms with van der Waals surface area (Å²) < 4.78 is 13.2. The van der Waals surface area contributed by atoms with Crippen LogP contribution < -0.4 is 16.0 Å². The molecule has 1 amide bonds. The summed E-state index contributed by atoms with van der Waals surface area (Å²) in [5.74, 6) is -0.688. The molecule has 0 saturated heterocycles. The number of likely N-dealkylation sites (N-methyl/N-ethyl adjacent to an activating group) is 1. The van der Waals surface area contributed by atoms with E-state index in [9.17, 15) is 9.18 Å². The predicted molar refractivity (Wildman–Crippen MR) is 75.5 cm³/mol. The lowest BCUT2D eigenvalue weighted by Gasteiger charge is -2.28. The summed E-state index contributed by atoms with van der Waals surface area (Å²) in [5, 5.41) is 3.12. The summed E-state index contributed by atoms with van der Waals surface area (Å²) in [6, 6.07) is 6.03. The molecule has 1 aromatic carbocycles. The number of nitrogens with two attached hydrogens (primary N) is 1. The SMILES string of the molecule is CCN(CC(NC(C)C)C(N)=O)c1cccc(F)c1. The molecule has 0 aliphatic heterocycles. The third-order valence-corrected chi connectivity index (χ3v) is 2.84. The van der Waals surface area contributed by atoms with Gasteiger partial charge in [-0.05, 0) is 25.1 Å². The molecule has 0 aromatic heterocycles. The fourth-order valence-corrected chi connectivity index (χ4v) is 1.94. The molecule has 0 saturated carbocycles. The Bertz CT molecular complexity index is 423. The van der Waals surface area contributed by atoms with Gasteiger partial charge in [0.2, 0.25) is 5.91 Å². The zero-order valence-electron chi connectivity index (χ0n) is 11.7. The fourth-order valence-electron chi connectivity index (χ4n) is 1.94. The summed E-state index contributed by atoms with van der Waals surface area (Å²) in [5.41, 5.74) is 6.14. The molecule has 0 radical (unpaired) electrons. The fraction of sp³-hybridized carbons (Fsp3) is 0.500. The molecule has 106 valence electrons. The number of nitrogens with one attached hydrogen (secondary N) is 1. The lowest BCUT2D eigenvalue weighted by molar-refractivity contribution is -0.119. The minimum Gasteiger partial charge on any atom is -0.370 e. The Morgan fingerprint density at radius 3 is 2.63 bits per heavy atom. The van der Waals surface area contributed by atoms with Crippen molar-refractivity contribution in [3.63, 3.8) is 0 Å². The van der Waals surface area contributed by atoms with Gasteiger partial charge in [-0.3, -0.25) is 4.79 Å². The standard InChI is InChI=1S/C14H22FN3O/c1-4-18(12-7-5-6-11(15)8-12)9-13(14(16)19)17-10(2)3/h5-8,10,13,17H,4,9H2,1-3H3,(H2,16,19). The molecule has 0 aliphatic carbocycles. The van der Waals surface area contributed by atoms with Gasteiger partial charge in [0.25, 0.3) is 0 Å². The first kappa shape index (κ1) is 15.4. The van der Waals surface area contributed by atoms with E-state index in [1.54, 1.807) is 6.07 Å². The Balaban J connectivity index is 2.82. The van der Waals surface area contributed by atoms with Crippen molar-refractivity contribution in [3.05, 3.63) is 30.1 Å². The monoisotopic (exact) mass is 267 g/mol. The lowest BCUT2D eigenvalue weighted by Crippen LogP contribution is -2.51. The van der Waals surface area contributed by atoms with Crippen LogP contribution in [0.15, 0.2) is 24.3 Å². The van der Waals surface area contributed by atoms with E-state index < -0.39 is 11.9 Å². The summed E-state index contributed by atoms with van der Waals surface area (Å²) in [6.45, 7) is 6.96. The second-order valence-corrected chi connectivity index (χ2v) is 4.79. The van der Waals surface area contributed by atoms with Gasteiger partial charge >= 0.3 is 0 Å². The number of hydrogen-bond acceptors (Lipinski definition) is 3. The molecular weight excluding hydrogens is 245 g/mol. The molecule has 1 atom stereocenters. The van der Waals surface area contributed by atoms with E-state index in [0.29, 0.717) is 13.1 Å². The molecule has 0 heterocycles. The van der Waals surface area contributed by atoms with Crippen LogP contribution in [0, 0.1) is 5.82 Å². The van der Waals surface area contributed by atoms with Crippen molar-refractivity contribution in [3.8, 4) is 0 Å². The minimum absolute atomic E-state index is 0.156. The molecule has 1 rings (SSSR count). The van der Waals surface area contributed by atoms with Crippen LogP contribution in [-0.2, 0) is 4.79 Å². The first-order valence-corrected chi connectivity index (χ1v) is 6.50. The Kier molecular flexibility index (Phi) is 5.76. The Morgan fingerprint density at radius 2 is 2.16 bits per heavy atom. The van der Waals surface area contributed by atoms with E-state index >= 15 is 0 Å². The van der Waals surface area contributed by atoms with Crippen LogP contribution in [-0.4, -0.2) is 31.1 Å². The van der Waals surface area contributed by atoms with Crippen molar-refractivity contribution in [2.75, 3.05) is 18.0 Å². The maximum atomic E-state index is 13.2. The first-order valence-electron chi connectivity index (χ1n) is 6.50. The van der Waals surface area contributed by atoms with Crippen molar-refractivity contribution in [1.29, 1.82) is 0 Å². The highest BCUT2D eigenvalue weighted by molar-refractivity contribution is 5.80. The topological polar surface area (TPSA) is 58.4 Å². The number of amides is 1. The summed E-state index contributed by atoms with van der Waals surface area (Å²) in [4.78, 5) is 13.4. The molecule has 3 N–H and O–H groups in total. The molecule has 1 unspecified atom stereocenters.